The Morgan fingerprint density at radius 3 is 2.76 bits per heavy atom. The Bertz CT molecular complexity index is 814. The lowest BCUT2D eigenvalue weighted by Gasteiger charge is -2.06. The normalized spacial score (nSPS) is 11.1. The van der Waals surface area contributed by atoms with Gasteiger partial charge in [-0.15, -0.1) is 0 Å². The quantitative estimate of drug-likeness (QED) is 0.467. The first-order valence-corrected chi connectivity index (χ1v) is 9.76. The van der Waals surface area contributed by atoms with Crippen molar-refractivity contribution in [2.45, 2.75) is 52.0 Å². The fraction of sp³-hybridized carbons (Fsp3) is 0.421. The molecule has 132 valence electrons. The van der Waals surface area contributed by atoms with Gasteiger partial charge in [0, 0.05) is 22.9 Å². The van der Waals surface area contributed by atoms with Gasteiger partial charge in [0.2, 0.25) is 0 Å². The standard InChI is InChI=1S/C19H24BrN5/c1-2-3-4-5-6-7-11-25-13-17-18(21-14-22-19(17)24-25)23-16-10-8-9-15(20)12-16/h8-10,12-14H,2-7,11H2,1H3,(H,21,22,23,24). The molecular formula is C19H24BrN5. The molecule has 6 heteroatoms. The minimum Gasteiger partial charge on any atom is -0.339 e. The van der Waals surface area contributed by atoms with Gasteiger partial charge in [-0.3, -0.25) is 4.68 Å². The van der Waals surface area contributed by atoms with Crippen LogP contribution in [0.25, 0.3) is 11.0 Å². The summed E-state index contributed by atoms with van der Waals surface area (Å²) in [4.78, 5) is 8.68. The summed E-state index contributed by atoms with van der Waals surface area (Å²) >= 11 is 3.49. The van der Waals surface area contributed by atoms with Crippen molar-refractivity contribution >= 4 is 38.5 Å². The Morgan fingerprint density at radius 2 is 1.92 bits per heavy atom. The van der Waals surface area contributed by atoms with E-state index in [2.05, 4.69) is 43.2 Å². The van der Waals surface area contributed by atoms with Crippen molar-refractivity contribution in [1.82, 2.24) is 19.7 Å². The van der Waals surface area contributed by atoms with Crippen LogP contribution in [0, 0.1) is 0 Å². The molecule has 0 fully saturated rings. The molecule has 2 aromatic heterocycles. The summed E-state index contributed by atoms with van der Waals surface area (Å²) in [6.07, 6.45) is 11.3. The third-order valence-electron chi connectivity index (χ3n) is 4.19. The lowest BCUT2D eigenvalue weighted by Crippen LogP contribution is -1.98. The van der Waals surface area contributed by atoms with E-state index in [1.54, 1.807) is 6.33 Å². The second kappa shape index (κ2) is 8.94. The molecule has 1 N–H and O–H groups in total. The van der Waals surface area contributed by atoms with Gasteiger partial charge in [0.1, 0.15) is 12.1 Å². The summed E-state index contributed by atoms with van der Waals surface area (Å²) < 4.78 is 3.02. The van der Waals surface area contributed by atoms with Gasteiger partial charge in [-0.1, -0.05) is 61.0 Å². The average molecular weight is 402 g/mol. The lowest BCUT2D eigenvalue weighted by molar-refractivity contribution is 0.529. The maximum absolute atomic E-state index is 4.58. The Kier molecular flexibility index (Phi) is 6.39. The summed E-state index contributed by atoms with van der Waals surface area (Å²) in [7, 11) is 0. The predicted molar refractivity (Wildman–Crippen MR) is 106 cm³/mol. The Morgan fingerprint density at radius 1 is 1.08 bits per heavy atom. The first-order valence-electron chi connectivity index (χ1n) is 8.97. The van der Waals surface area contributed by atoms with E-state index in [0.717, 1.165) is 40.0 Å². The highest BCUT2D eigenvalue weighted by Gasteiger charge is 2.09. The van der Waals surface area contributed by atoms with Crippen LogP contribution in [0.1, 0.15) is 45.4 Å². The molecule has 0 unspecified atom stereocenters. The van der Waals surface area contributed by atoms with Gasteiger partial charge >= 0.3 is 0 Å². The highest BCUT2D eigenvalue weighted by atomic mass is 79.9. The molecule has 0 bridgehead atoms. The molecule has 0 aliphatic carbocycles. The molecule has 3 rings (SSSR count). The second-order valence-electron chi connectivity index (χ2n) is 6.25. The highest BCUT2D eigenvalue weighted by molar-refractivity contribution is 9.10. The Hall–Kier alpha value is -1.95. The number of fused-ring (bicyclic) bond motifs is 1. The number of anilines is 2. The first-order chi connectivity index (χ1) is 12.3. The number of nitrogens with zero attached hydrogens (tertiary/aromatic N) is 4. The first kappa shape index (κ1) is 17.9. The molecule has 0 saturated carbocycles. The molecule has 3 aromatic rings. The summed E-state index contributed by atoms with van der Waals surface area (Å²) in [6, 6.07) is 8.03. The number of unbranched alkanes of at least 4 members (excludes halogenated alkanes) is 5. The van der Waals surface area contributed by atoms with Gasteiger partial charge in [-0.05, 0) is 24.6 Å². The largest absolute Gasteiger partial charge is 0.339 e. The molecule has 1 aromatic carbocycles. The van der Waals surface area contributed by atoms with Crippen LogP contribution in [0.2, 0.25) is 0 Å². The number of aryl methyl sites for hydroxylation is 1. The number of hydrogen-bond acceptors (Lipinski definition) is 4. The molecule has 0 radical (unpaired) electrons. The topological polar surface area (TPSA) is 55.6 Å². The van der Waals surface area contributed by atoms with Crippen LogP contribution in [-0.4, -0.2) is 19.7 Å². The Balaban J connectivity index is 1.66. The van der Waals surface area contributed by atoms with E-state index in [1.807, 2.05) is 35.1 Å². The molecule has 0 amide bonds. The molecule has 0 aliphatic heterocycles. The lowest BCUT2D eigenvalue weighted by atomic mass is 10.1. The number of nitrogens with one attached hydrogen (secondary N) is 1. The van der Waals surface area contributed by atoms with E-state index < -0.39 is 0 Å². The SMILES string of the molecule is CCCCCCCCn1cc2c(Nc3cccc(Br)c3)ncnc2n1. The van der Waals surface area contributed by atoms with Crippen LogP contribution in [0.15, 0.2) is 41.3 Å². The van der Waals surface area contributed by atoms with Crippen LogP contribution in [0.5, 0.6) is 0 Å². The molecule has 0 saturated heterocycles. The van der Waals surface area contributed by atoms with Crippen LogP contribution in [0.4, 0.5) is 11.5 Å². The third kappa shape index (κ3) is 5.01. The van der Waals surface area contributed by atoms with Gasteiger partial charge < -0.3 is 5.32 Å². The molecular weight excluding hydrogens is 378 g/mol. The van der Waals surface area contributed by atoms with Crippen molar-refractivity contribution in [3.05, 3.63) is 41.3 Å². The Labute approximate surface area is 157 Å². The van der Waals surface area contributed by atoms with Crippen LogP contribution >= 0.6 is 15.9 Å². The average Bonchev–Trinajstić information content (AvgIpc) is 3.02. The third-order valence-corrected chi connectivity index (χ3v) is 4.69. The zero-order valence-corrected chi connectivity index (χ0v) is 16.2. The van der Waals surface area contributed by atoms with Gasteiger partial charge in [-0.25, -0.2) is 9.97 Å². The van der Waals surface area contributed by atoms with E-state index in [0.29, 0.717) is 0 Å². The van der Waals surface area contributed by atoms with Crippen LogP contribution in [-0.2, 0) is 6.54 Å². The van der Waals surface area contributed by atoms with Crippen molar-refractivity contribution in [3.63, 3.8) is 0 Å². The fourth-order valence-corrected chi connectivity index (χ4v) is 3.25. The zero-order valence-electron chi connectivity index (χ0n) is 14.6. The number of benzene rings is 1. The summed E-state index contributed by atoms with van der Waals surface area (Å²) in [6.45, 7) is 3.18. The van der Waals surface area contributed by atoms with E-state index in [9.17, 15) is 0 Å². The van der Waals surface area contributed by atoms with Gasteiger partial charge in [0.05, 0.1) is 5.39 Å². The minimum atomic E-state index is 0.735. The van der Waals surface area contributed by atoms with Gasteiger partial charge in [0.15, 0.2) is 5.65 Å². The van der Waals surface area contributed by atoms with Crippen molar-refractivity contribution in [3.8, 4) is 0 Å². The van der Waals surface area contributed by atoms with E-state index in [1.165, 1.54) is 32.1 Å². The second-order valence-corrected chi connectivity index (χ2v) is 7.17. The smallest absolute Gasteiger partial charge is 0.186 e. The fourth-order valence-electron chi connectivity index (χ4n) is 2.86. The van der Waals surface area contributed by atoms with Crippen LogP contribution < -0.4 is 5.32 Å². The molecule has 0 atom stereocenters. The van der Waals surface area contributed by atoms with Gasteiger partial charge in [0.25, 0.3) is 0 Å². The molecule has 0 aliphatic rings. The van der Waals surface area contributed by atoms with Crippen molar-refractivity contribution < 1.29 is 0 Å². The summed E-state index contributed by atoms with van der Waals surface area (Å²) in [5, 5.41) is 8.89. The van der Waals surface area contributed by atoms with E-state index in [4.69, 9.17) is 0 Å². The van der Waals surface area contributed by atoms with Crippen molar-refractivity contribution in [2.75, 3.05) is 5.32 Å². The summed E-state index contributed by atoms with van der Waals surface area (Å²) in [5.41, 5.74) is 1.72. The van der Waals surface area contributed by atoms with Crippen molar-refractivity contribution in [2.24, 2.45) is 0 Å². The maximum Gasteiger partial charge on any atom is 0.186 e. The number of rotatable bonds is 9. The van der Waals surface area contributed by atoms with Crippen molar-refractivity contribution in [1.29, 1.82) is 0 Å². The number of aromatic nitrogens is 4. The minimum absolute atomic E-state index is 0.735. The number of halogens is 1. The maximum atomic E-state index is 4.58. The monoisotopic (exact) mass is 401 g/mol. The van der Waals surface area contributed by atoms with Gasteiger partial charge in [-0.2, -0.15) is 5.10 Å². The number of hydrogen-bond donors (Lipinski definition) is 1. The highest BCUT2D eigenvalue weighted by Crippen LogP contribution is 2.24. The molecule has 5 nitrogen and oxygen atoms in total. The summed E-state index contributed by atoms with van der Waals surface area (Å²) in [5.74, 6) is 0.789. The van der Waals surface area contributed by atoms with E-state index in [-0.39, 0.29) is 0 Å². The molecule has 2 heterocycles. The molecule has 25 heavy (non-hydrogen) atoms. The predicted octanol–water partition coefficient (Wildman–Crippen LogP) is 5.69. The van der Waals surface area contributed by atoms with E-state index >= 15 is 0 Å². The molecule has 0 spiro atoms. The van der Waals surface area contributed by atoms with Crippen LogP contribution in [0.3, 0.4) is 0 Å². The zero-order chi connectivity index (χ0) is 17.5.